The Morgan fingerprint density at radius 3 is 2.67 bits per heavy atom. The first kappa shape index (κ1) is 31.5. The highest BCUT2D eigenvalue weighted by Gasteiger charge is 2.27. The largest absolute Gasteiger partial charge is 0.491 e. The van der Waals surface area contributed by atoms with Gasteiger partial charge in [0.05, 0.1) is 25.9 Å². The third kappa shape index (κ3) is 9.84. The van der Waals surface area contributed by atoms with Gasteiger partial charge in [0, 0.05) is 38.1 Å². The van der Waals surface area contributed by atoms with E-state index < -0.39 is 11.9 Å². The number of hydrogen-bond donors (Lipinski definition) is 3. The smallest absolute Gasteiger partial charge is 0.251 e. The number of hydrogen-bond acceptors (Lipinski definition) is 7. The number of rotatable bonds is 16. The van der Waals surface area contributed by atoms with Gasteiger partial charge in [-0.1, -0.05) is 43.7 Å². The summed E-state index contributed by atoms with van der Waals surface area (Å²) in [6.07, 6.45) is 2.26. The molecular weight excluding hydrogens is 532 g/mol. The van der Waals surface area contributed by atoms with Crippen LogP contribution in [0, 0.1) is 0 Å². The molecule has 0 spiro atoms. The maximum absolute atomic E-state index is 12.2. The normalized spacial score (nSPS) is 14.5. The molecule has 8 heteroatoms. The Hall–Kier alpha value is -3.43. The quantitative estimate of drug-likeness (QED) is 0.199. The van der Waals surface area contributed by atoms with Crippen LogP contribution in [0.25, 0.3) is 0 Å². The summed E-state index contributed by atoms with van der Waals surface area (Å²) in [7, 11) is 0. The molecular formula is C34H44N2O6. The number of carbonyl (C=O) groups excluding carboxylic acids is 1. The zero-order valence-electron chi connectivity index (χ0n) is 25.0. The third-order valence-corrected chi connectivity index (χ3v) is 7.02. The molecule has 1 heterocycles. The summed E-state index contributed by atoms with van der Waals surface area (Å²) in [6, 6.07) is 21.3. The van der Waals surface area contributed by atoms with Crippen LogP contribution in [0.4, 0.5) is 0 Å². The number of unbranched alkanes of at least 4 members (excludes halogenated alkanes) is 1. The molecule has 0 unspecified atom stereocenters. The molecule has 226 valence electrons. The number of nitrogens with one attached hydrogen (secondary N) is 2. The average molecular weight is 577 g/mol. The summed E-state index contributed by atoms with van der Waals surface area (Å²) < 4.78 is 23.1. The van der Waals surface area contributed by atoms with E-state index in [0.29, 0.717) is 45.1 Å². The summed E-state index contributed by atoms with van der Waals surface area (Å²) in [5, 5.41) is 16.9. The molecule has 1 amide bonds. The fraction of sp³-hybridized carbons (Fsp3) is 0.441. The maximum atomic E-state index is 12.2. The fourth-order valence-electron chi connectivity index (χ4n) is 4.60. The SMILES string of the molecule is CCCCNC(=O)c1cccc(COCCOc2ccc(CCNC[C@H](O)c3ccc4c(c3)COC(C)(C)O4)cc2)c1. The van der Waals surface area contributed by atoms with Crippen LogP contribution < -0.4 is 20.1 Å². The molecule has 0 radical (unpaired) electrons. The van der Waals surface area contributed by atoms with E-state index in [2.05, 4.69) is 29.7 Å². The molecule has 0 saturated carbocycles. The standard InChI is InChI=1S/C34H44N2O6/c1-4-5-16-36-33(38)28-8-6-7-26(20-28)23-39-18-19-40-30-12-9-25(10-13-30)15-17-35-22-31(37)27-11-14-32-29(21-27)24-41-34(2,3)42-32/h6-14,20-21,31,35,37H,4-5,15-19,22-24H2,1-3H3,(H,36,38)/t31-/m0/s1. The minimum atomic E-state index is -0.628. The predicted octanol–water partition coefficient (Wildman–Crippen LogP) is 5.32. The molecule has 0 fully saturated rings. The van der Waals surface area contributed by atoms with Crippen LogP contribution in [0.2, 0.25) is 0 Å². The fourth-order valence-corrected chi connectivity index (χ4v) is 4.60. The first-order valence-corrected chi connectivity index (χ1v) is 14.8. The zero-order valence-corrected chi connectivity index (χ0v) is 25.0. The Morgan fingerprint density at radius 1 is 1.02 bits per heavy atom. The van der Waals surface area contributed by atoms with E-state index in [1.807, 2.05) is 68.4 Å². The molecule has 1 aliphatic heterocycles. The molecule has 3 N–H and O–H groups in total. The maximum Gasteiger partial charge on any atom is 0.251 e. The van der Waals surface area contributed by atoms with Crippen molar-refractivity contribution in [1.29, 1.82) is 0 Å². The van der Waals surface area contributed by atoms with Gasteiger partial charge >= 0.3 is 0 Å². The second kappa shape index (κ2) is 15.7. The highest BCUT2D eigenvalue weighted by molar-refractivity contribution is 5.94. The zero-order chi connectivity index (χ0) is 29.8. The van der Waals surface area contributed by atoms with Crippen molar-refractivity contribution in [1.82, 2.24) is 10.6 Å². The first-order chi connectivity index (χ1) is 20.3. The molecule has 1 atom stereocenters. The molecule has 42 heavy (non-hydrogen) atoms. The van der Waals surface area contributed by atoms with Gasteiger partial charge in [0.2, 0.25) is 5.79 Å². The Kier molecular flexibility index (Phi) is 11.8. The minimum Gasteiger partial charge on any atom is -0.491 e. The van der Waals surface area contributed by atoms with Crippen molar-refractivity contribution < 1.29 is 28.8 Å². The van der Waals surface area contributed by atoms with E-state index >= 15 is 0 Å². The topological polar surface area (TPSA) is 98.3 Å². The Bertz CT molecular complexity index is 1280. The van der Waals surface area contributed by atoms with Gasteiger partial charge in [-0.05, 0) is 72.5 Å². The summed E-state index contributed by atoms with van der Waals surface area (Å²) in [4.78, 5) is 12.2. The second-order valence-electron chi connectivity index (χ2n) is 11.0. The Balaban J connectivity index is 1.10. The lowest BCUT2D eigenvalue weighted by atomic mass is 10.0. The van der Waals surface area contributed by atoms with Crippen LogP contribution in [-0.4, -0.2) is 49.6 Å². The highest BCUT2D eigenvalue weighted by atomic mass is 16.7. The lowest BCUT2D eigenvalue weighted by molar-refractivity contribution is -0.180. The van der Waals surface area contributed by atoms with E-state index in [1.54, 1.807) is 0 Å². The molecule has 3 aromatic carbocycles. The van der Waals surface area contributed by atoms with Crippen LogP contribution in [-0.2, 0) is 29.1 Å². The number of ether oxygens (including phenoxy) is 4. The number of aliphatic hydroxyl groups is 1. The molecule has 0 aromatic heterocycles. The van der Waals surface area contributed by atoms with E-state index in [9.17, 15) is 9.90 Å². The third-order valence-electron chi connectivity index (χ3n) is 7.02. The van der Waals surface area contributed by atoms with Gasteiger partial charge in [0.1, 0.15) is 18.1 Å². The molecule has 1 aliphatic rings. The van der Waals surface area contributed by atoms with Crippen LogP contribution in [0.1, 0.15) is 72.3 Å². The highest BCUT2D eigenvalue weighted by Crippen LogP contribution is 2.32. The molecule has 0 saturated heterocycles. The predicted molar refractivity (Wildman–Crippen MR) is 163 cm³/mol. The average Bonchev–Trinajstić information content (AvgIpc) is 2.99. The summed E-state index contributed by atoms with van der Waals surface area (Å²) in [5.41, 5.74) is 4.59. The molecule has 3 aromatic rings. The van der Waals surface area contributed by atoms with E-state index in [4.69, 9.17) is 18.9 Å². The van der Waals surface area contributed by atoms with Gasteiger partial charge in [0.25, 0.3) is 5.91 Å². The van der Waals surface area contributed by atoms with Crippen molar-refractivity contribution in [3.8, 4) is 11.5 Å². The van der Waals surface area contributed by atoms with E-state index in [0.717, 1.165) is 54.0 Å². The van der Waals surface area contributed by atoms with Crippen LogP contribution in [0.5, 0.6) is 11.5 Å². The van der Waals surface area contributed by atoms with Crippen molar-refractivity contribution >= 4 is 5.91 Å². The minimum absolute atomic E-state index is 0.0493. The van der Waals surface area contributed by atoms with Crippen molar-refractivity contribution in [3.63, 3.8) is 0 Å². The summed E-state index contributed by atoms with van der Waals surface area (Å²) in [6.45, 7) is 9.56. The monoisotopic (exact) mass is 576 g/mol. The number of amides is 1. The van der Waals surface area contributed by atoms with Gasteiger partial charge < -0.3 is 34.7 Å². The van der Waals surface area contributed by atoms with Crippen molar-refractivity contribution in [2.24, 2.45) is 0 Å². The number of fused-ring (bicyclic) bond motifs is 1. The van der Waals surface area contributed by atoms with Gasteiger partial charge in [-0.2, -0.15) is 0 Å². The molecule has 0 bridgehead atoms. The van der Waals surface area contributed by atoms with Crippen LogP contribution in [0.3, 0.4) is 0 Å². The lowest BCUT2D eigenvalue weighted by Crippen LogP contribution is -2.35. The summed E-state index contributed by atoms with van der Waals surface area (Å²) in [5.74, 6) is 0.921. The van der Waals surface area contributed by atoms with Gasteiger partial charge in [-0.3, -0.25) is 4.79 Å². The van der Waals surface area contributed by atoms with E-state index in [-0.39, 0.29) is 5.91 Å². The Labute approximate surface area is 249 Å². The Morgan fingerprint density at radius 2 is 1.86 bits per heavy atom. The molecule has 8 nitrogen and oxygen atoms in total. The molecule has 0 aliphatic carbocycles. The van der Waals surface area contributed by atoms with Crippen LogP contribution >= 0.6 is 0 Å². The van der Waals surface area contributed by atoms with E-state index in [1.165, 1.54) is 5.56 Å². The van der Waals surface area contributed by atoms with Gasteiger partial charge in [-0.15, -0.1) is 0 Å². The number of aliphatic hydroxyl groups excluding tert-OH is 1. The van der Waals surface area contributed by atoms with Crippen molar-refractivity contribution in [2.75, 3.05) is 32.8 Å². The van der Waals surface area contributed by atoms with Crippen LogP contribution in [0.15, 0.2) is 66.7 Å². The second-order valence-corrected chi connectivity index (χ2v) is 11.0. The summed E-state index contributed by atoms with van der Waals surface area (Å²) >= 11 is 0. The van der Waals surface area contributed by atoms with Crippen molar-refractivity contribution in [3.05, 3.63) is 94.5 Å². The number of carbonyl (C=O) groups is 1. The lowest BCUT2D eigenvalue weighted by Gasteiger charge is -2.33. The first-order valence-electron chi connectivity index (χ1n) is 14.8. The molecule has 4 rings (SSSR count). The van der Waals surface area contributed by atoms with Gasteiger partial charge in [0.15, 0.2) is 0 Å². The van der Waals surface area contributed by atoms with Crippen molar-refractivity contribution in [2.45, 2.75) is 65.1 Å². The van der Waals surface area contributed by atoms with Gasteiger partial charge in [-0.25, -0.2) is 0 Å². The number of benzene rings is 3.